The summed E-state index contributed by atoms with van der Waals surface area (Å²) in [6.45, 7) is 7.76. The number of hydrogen-bond donors (Lipinski definition) is 1. The average Bonchev–Trinajstić information content (AvgIpc) is 3.73. The Morgan fingerprint density at radius 3 is 2.27 bits per heavy atom. The number of benzene rings is 3. The normalized spacial score (nSPS) is 14.6. The largest absolute Gasteiger partial charge is 0.335 e. The molecule has 0 spiro atoms. The van der Waals surface area contributed by atoms with Crippen molar-refractivity contribution in [1.29, 1.82) is 0 Å². The van der Waals surface area contributed by atoms with Crippen LogP contribution in [0.25, 0.3) is 33.9 Å². The van der Waals surface area contributed by atoms with Crippen LogP contribution in [0, 0.1) is 0 Å². The highest BCUT2D eigenvalue weighted by atomic mass is 32.2. The quantitative estimate of drug-likeness (QED) is 0.0686. The van der Waals surface area contributed by atoms with E-state index in [0.29, 0.717) is 30.5 Å². The van der Waals surface area contributed by atoms with E-state index in [9.17, 15) is 17.8 Å². The van der Waals surface area contributed by atoms with Gasteiger partial charge in [-0.05, 0) is 55.3 Å². The van der Waals surface area contributed by atoms with Crippen molar-refractivity contribution in [3.05, 3.63) is 133 Å². The van der Waals surface area contributed by atoms with E-state index in [1.807, 2.05) is 60.7 Å². The van der Waals surface area contributed by atoms with Gasteiger partial charge >= 0.3 is 0 Å². The average molecular weight is 715 g/mol. The molecule has 0 radical (unpaired) electrons. The third-order valence-electron chi connectivity index (χ3n) is 7.90. The van der Waals surface area contributed by atoms with Gasteiger partial charge in [-0.25, -0.2) is 0 Å². The fraction of sp³-hybridized carbons (Fsp3) is 0.189. The van der Waals surface area contributed by atoms with Crippen molar-refractivity contribution in [3.63, 3.8) is 0 Å². The number of aromatic nitrogens is 2. The first-order valence-corrected chi connectivity index (χ1v) is 19.7. The molecule has 1 N–H and O–H groups in total. The Hall–Kier alpha value is -4.00. The van der Waals surface area contributed by atoms with E-state index in [2.05, 4.69) is 65.4 Å². The molecule has 246 valence electrons. The summed E-state index contributed by atoms with van der Waals surface area (Å²) in [6, 6.07) is 28.7. The minimum atomic E-state index is -4.06. The fourth-order valence-electron chi connectivity index (χ4n) is 5.71. The number of thioether (sulfide) groups is 1. The van der Waals surface area contributed by atoms with Crippen LogP contribution in [0.2, 0.25) is 0 Å². The first kappa shape index (κ1) is 33.9. The summed E-state index contributed by atoms with van der Waals surface area (Å²) in [7, 11) is -4.06. The van der Waals surface area contributed by atoms with Gasteiger partial charge in [0, 0.05) is 30.0 Å². The number of nitrogens with zero attached hydrogens (tertiary/aromatic N) is 3. The first-order valence-electron chi connectivity index (χ1n) is 15.7. The monoisotopic (exact) mass is 714 g/mol. The zero-order valence-corrected chi connectivity index (χ0v) is 29.8. The van der Waals surface area contributed by atoms with Crippen molar-refractivity contribution in [2.24, 2.45) is 0 Å². The van der Waals surface area contributed by atoms with E-state index in [1.54, 1.807) is 33.7 Å². The SMILES string of the molecule is C=CCn1c(=O)/c(=C/C=C2/Sc3ccccc3N2CC)s/c1=C\c1sc(-c2ccccc2)c(-c2ccccc2)[n+]1CCCCS(=O)(=O)O. The molecule has 6 rings (SSSR count). The number of para-hydroxylation sites is 1. The lowest BCUT2D eigenvalue weighted by molar-refractivity contribution is -0.683. The second-order valence-electron chi connectivity index (χ2n) is 11.1. The van der Waals surface area contributed by atoms with Crippen molar-refractivity contribution in [2.75, 3.05) is 17.2 Å². The molecule has 2 aromatic heterocycles. The molecule has 5 aromatic rings. The summed E-state index contributed by atoms with van der Waals surface area (Å²) in [5.74, 6) is -0.291. The summed E-state index contributed by atoms with van der Waals surface area (Å²) in [5.41, 5.74) is 4.23. The Labute approximate surface area is 292 Å². The second-order valence-corrected chi connectivity index (χ2v) is 15.9. The first-order chi connectivity index (χ1) is 23.3. The van der Waals surface area contributed by atoms with Crippen molar-refractivity contribution >= 4 is 62.4 Å². The molecule has 1 aliphatic heterocycles. The third-order valence-corrected chi connectivity index (χ3v) is 12.1. The molecule has 0 fully saturated rings. The number of rotatable bonds is 12. The zero-order valence-electron chi connectivity index (χ0n) is 26.5. The predicted octanol–water partition coefficient (Wildman–Crippen LogP) is 6.53. The van der Waals surface area contributed by atoms with Crippen LogP contribution >= 0.6 is 34.4 Å². The Morgan fingerprint density at radius 2 is 1.58 bits per heavy atom. The van der Waals surface area contributed by atoms with E-state index in [0.717, 1.165) is 42.9 Å². The Morgan fingerprint density at radius 1 is 0.896 bits per heavy atom. The Balaban J connectivity index is 1.50. The standard InChI is InChI=1S/C37H35N3O4S4/c1-3-23-40-34(46-31(37(40)41)21-22-32-38(4-2)29-19-11-12-20-30(29)45-32)26-33-39(24-13-14-25-48(42,43)44)35(27-15-7-5-8-16-27)36(47-33)28-17-9-6-10-18-28/h3,5-12,15-22,26H,1,4,13-14,23-25H2,2H3/p+1/b31-21-,32-22+. The van der Waals surface area contributed by atoms with E-state index >= 15 is 0 Å². The molecule has 0 saturated heterocycles. The number of fused-ring (bicyclic) bond motifs is 1. The van der Waals surface area contributed by atoms with Gasteiger partial charge in [0.2, 0.25) is 5.69 Å². The third kappa shape index (κ3) is 7.50. The minimum Gasteiger partial charge on any atom is -0.335 e. The molecule has 0 atom stereocenters. The van der Waals surface area contributed by atoms with Crippen LogP contribution in [0.15, 0.2) is 118 Å². The summed E-state index contributed by atoms with van der Waals surface area (Å²) < 4.78 is 37.7. The Bertz CT molecular complexity index is 2250. The van der Waals surface area contributed by atoms with Gasteiger partial charge < -0.3 is 4.90 Å². The van der Waals surface area contributed by atoms with Crippen molar-refractivity contribution in [1.82, 2.24) is 4.57 Å². The molecule has 11 heteroatoms. The second kappa shape index (κ2) is 15.0. The van der Waals surface area contributed by atoms with E-state index < -0.39 is 10.1 Å². The zero-order chi connectivity index (χ0) is 33.7. The number of unbranched alkanes of at least 4 members (excludes halogenated alkanes) is 1. The summed E-state index contributed by atoms with van der Waals surface area (Å²) >= 11 is 4.79. The molecular formula is C37H36N3O4S4+. The molecule has 0 bridgehead atoms. The predicted molar refractivity (Wildman–Crippen MR) is 200 cm³/mol. The van der Waals surface area contributed by atoms with Gasteiger partial charge in [-0.1, -0.05) is 89.8 Å². The van der Waals surface area contributed by atoms with Gasteiger partial charge in [0.25, 0.3) is 20.7 Å². The van der Waals surface area contributed by atoms with Crippen LogP contribution in [-0.2, 0) is 23.2 Å². The number of anilines is 1. The number of hydrogen-bond acceptors (Lipinski definition) is 7. The highest BCUT2D eigenvalue weighted by Gasteiger charge is 2.28. The molecule has 1 aliphatic rings. The molecule has 3 heterocycles. The molecule has 0 unspecified atom stereocenters. The number of allylic oxidation sites excluding steroid dienone is 2. The summed E-state index contributed by atoms with van der Waals surface area (Å²) in [4.78, 5) is 18.3. The van der Waals surface area contributed by atoms with Crippen molar-refractivity contribution < 1.29 is 17.5 Å². The van der Waals surface area contributed by atoms with Gasteiger partial charge in [-0.15, -0.1) is 17.9 Å². The van der Waals surface area contributed by atoms with Gasteiger partial charge in [0.15, 0.2) is 6.54 Å². The lowest BCUT2D eigenvalue weighted by Gasteiger charge is -2.17. The molecular weight excluding hydrogens is 679 g/mol. The smallest absolute Gasteiger partial charge is 0.269 e. The topological polar surface area (TPSA) is 83.5 Å². The van der Waals surface area contributed by atoms with Crippen molar-refractivity contribution in [2.45, 2.75) is 37.8 Å². The lowest BCUT2D eigenvalue weighted by Crippen LogP contribution is -2.38. The maximum absolute atomic E-state index is 13.8. The molecule has 0 aliphatic carbocycles. The van der Waals surface area contributed by atoms with Crippen LogP contribution in [0.1, 0.15) is 24.8 Å². The van der Waals surface area contributed by atoms with Gasteiger partial charge in [-0.2, -0.15) is 13.0 Å². The maximum atomic E-state index is 13.8. The van der Waals surface area contributed by atoms with Crippen LogP contribution in [0.4, 0.5) is 5.69 Å². The van der Waals surface area contributed by atoms with Crippen LogP contribution in [0.5, 0.6) is 0 Å². The molecule has 0 amide bonds. The highest BCUT2D eigenvalue weighted by Crippen LogP contribution is 2.45. The maximum Gasteiger partial charge on any atom is 0.269 e. The lowest BCUT2D eigenvalue weighted by atomic mass is 10.1. The van der Waals surface area contributed by atoms with Gasteiger partial charge in [-0.3, -0.25) is 13.9 Å². The minimum absolute atomic E-state index is 0.0746. The summed E-state index contributed by atoms with van der Waals surface area (Å²) in [5, 5.41) is 2.01. The number of thiazole rings is 2. The highest BCUT2D eigenvalue weighted by molar-refractivity contribution is 8.03. The van der Waals surface area contributed by atoms with E-state index in [1.165, 1.54) is 21.9 Å². The van der Waals surface area contributed by atoms with E-state index in [-0.39, 0.29) is 11.3 Å². The van der Waals surface area contributed by atoms with Gasteiger partial charge in [0.05, 0.1) is 27.1 Å². The summed E-state index contributed by atoms with van der Waals surface area (Å²) in [6.07, 6.45) is 8.61. The van der Waals surface area contributed by atoms with E-state index in [4.69, 9.17) is 0 Å². The Kier molecular flexibility index (Phi) is 10.6. The molecule has 0 saturated carbocycles. The van der Waals surface area contributed by atoms with Crippen LogP contribution < -0.4 is 24.2 Å². The van der Waals surface area contributed by atoms with Gasteiger partial charge in [0.1, 0.15) is 9.54 Å². The fourth-order valence-corrected chi connectivity index (χ4v) is 9.73. The molecule has 7 nitrogen and oxygen atoms in total. The van der Waals surface area contributed by atoms with Crippen LogP contribution in [0.3, 0.4) is 0 Å². The van der Waals surface area contributed by atoms with Crippen LogP contribution in [-0.4, -0.2) is 29.8 Å². The van der Waals surface area contributed by atoms with Crippen molar-refractivity contribution in [3.8, 4) is 21.7 Å². The molecule has 3 aromatic carbocycles. The molecule has 48 heavy (non-hydrogen) atoms.